The predicted molar refractivity (Wildman–Crippen MR) is 117 cm³/mol. The van der Waals surface area contributed by atoms with Crippen LogP contribution in [0.25, 0.3) is 0 Å². The molecular formula is C24H21FN4O3. The number of carbonyl (C=O) groups is 2. The largest absolute Gasteiger partial charge is 0.394 e. The number of rotatable bonds is 3. The molecule has 8 heteroatoms. The van der Waals surface area contributed by atoms with Gasteiger partial charge in [0.2, 0.25) is 0 Å². The van der Waals surface area contributed by atoms with E-state index >= 15 is 0 Å². The van der Waals surface area contributed by atoms with Crippen LogP contribution in [0.1, 0.15) is 21.8 Å². The third-order valence-corrected chi connectivity index (χ3v) is 6.17. The summed E-state index contributed by atoms with van der Waals surface area (Å²) >= 11 is 0. The van der Waals surface area contributed by atoms with Crippen LogP contribution in [0.3, 0.4) is 0 Å². The van der Waals surface area contributed by atoms with E-state index in [1.165, 1.54) is 30.5 Å². The monoisotopic (exact) mass is 432 g/mol. The second kappa shape index (κ2) is 8.05. The van der Waals surface area contributed by atoms with E-state index in [2.05, 4.69) is 10.3 Å². The Morgan fingerprint density at radius 2 is 1.88 bits per heavy atom. The van der Waals surface area contributed by atoms with Crippen molar-refractivity contribution in [2.24, 2.45) is 0 Å². The van der Waals surface area contributed by atoms with E-state index in [0.29, 0.717) is 17.8 Å². The van der Waals surface area contributed by atoms with Crippen molar-refractivity contribution in [3.05, 3.63) is 90.0 Å². The number of nitrogens with one attached hydrogen (secondary N) is 1. The molecule has 0 bridgehead atoms. The molecule has 0 saturated carbocycles. The van der Waals surface area contributed by atoms with Crippen LogP contribution in [0.4, 0.5) is 20.6 Å². The van der Waals surface area contributed by atoms with Gasteiger partial charge in [-0.15, -0.1) is 0 Å². The normalized spacial score (nSPS) is 21.2. The molecule has 5 rings (SSSR count). The molecule has 3 heterocycles. The van der Waals surface area contributed by atoms with Crippen molar-refractivity contribution in [1.29, 1.82) is 0 Å². The molecule has 2 aromatic carbocycles. The zero-order chi connectivity index (χ0) is 22.2. The van der Waals surface area contributed by atoms with Gasteiger partial charge in [-0.2, -0.15) is 0 Å². The maximum Gasteiger partial charge on any atom is 0.322 e. The summed E-state index contributed by atoms with van der Waals surface area (Å²) in [5.41, 5.74) is 2.61. The van der Waals surface area contributed by atoms with Crippen LogP contribution >= 0.6 is 0 Å². The number of benzene rings is 2. The molecule has 2 aliphatic rings. The molecule has 0 aliphatic carbocycles. The van der Waals surface area contributed by atoms with Gasteiger partial charge in [-0.05, 0) is 48.0 Å². The maximum atomic E-state index is 13.3. The fourth-order valence-corrected chi connectivity index (χ4v) is 4.73. The second-order valence-electron chi connectivity index (χ2n) is 7.90. The van der Waals surface area contributed by atoms with Crippen molar-refractivity contribution in [2.45, 2.75) is 18.0 Å². The van der Waals surface area contributed by atoms with Crippen LogP contribution in [0, 0.1) is 5.82 Å². The second-order valence-corrected chi connectivity index (χ2v) is 7.90. The maximum absolute atomic E-state index is 13.3. The number of aliphatic hydroxyl groups is 1. The van der Waals surface area contributed by atoms with Gasteiger partial charge in [0.05, 0.1) is 24.3 Å². The van der Waals surface area contributed by atoms with Crippen LogP contribution in [0.2, 0.25) is 0 Å². The van der Waals surface area contributed by atoms with E-state index in [4.69, 9.17) is 0 Å². The number of carbonyl (C=O) groups excluding carboxylic acids is 2. The topological polar surface area (TPSA) is 85.8 Å². The molecule has 32 heavy (non-hydrogen) atoms. The minimum atomic E-state index is -0.419. The van der Waals surface area contributed by atoms with Crippen molar-refractivity contribution < 1.29 is 19.1 Å². The summed E-state index contributed by atoms with van der Waals surface area (Å²) in [5, 5.41) is 12.8. The highest BCUT2D eigenvalue weighted by atomic mass is 19.1. The predicted octanol–water partition coefficient (Wildman–Crippen LogP) is 3.24. The zero-order valence-electron chi connectivity index (χ0n) is 17.1. The third-order valence-electron chi connectivity index (χ3n) is 6.17. The van der Waals surface area contributed by atoms with Gasteiger partial charge in [-0.25, -0.2) is 9.18 Å². The molecule has 2 N–H and O–H groups in total. The van der Waals surface area contributed by atoms with Crippen molar-refractivity contribution >= 4 is 23.3 Å². The Labute approximate surface area is 184 Å². The molecule has 0 unspecified atom stereocenters. The molecular weight excluding hydrogens is 411 g/mol. The lowest BCUT2D eigenvalue weighted by molar-refractivity contribution is -0.00265. The molecule has 7 nitrogen and oxygen atoms in total. The Morgan fingerprint density at radius 3 is 2.59 bits per heavy atom. The van der Waals surface area contributed by atoms with Crippen molar-refractivity contribution in [3.8, 4) is 0 Å². The molecule has 1 aromatic heterocycles. The highest BCUT2D eigenvalue weighted by molar-refractivity contribution is 6.07. The van der Waals surface area contributed by atoms with Crippen LogP contribution < -0.4 is 10.2 Å². The van der Waals surface area contributed by atoms with E-state index in [1.807, 2.05) is 24.3 Å². The van der Waals surface area contributed by atoms with Crippen molar-refractivity contribution in [1.82, 2.24) is 9.88 Å². The first kappa shape index (κ1) is 20.1. The molecule has 0 spiro atoms. The third kappa shape index (κ3) is 3.29. The number of hydrogen-bond acceptors (Lipinski definition) is 4. The lowest BCUT2D eigenvalue weighted by Crippen LogP contribution is -2.71. The SMILES string of the molecule is O=C(c1cccnc1)N1C[C@H]2[C@@H](c3ccccc31)[C@@H](CO)N2C(=O)Nc1ccc(F)cc1. The summed E-state index contributed by atoms with van der Waals surface area (Å²) in [7, 11) is 0. The van der Waals surface area contributed by atoms with Gasteiger partial charge < -0.3 is 20.2 Å². The molecule has 3 amide bonds. The van der Waals surface area contributed by atoms with Gasteiger partial charge in [0.15, 0.2) is 0 Å². The summed E-state index contributed by atoms with van der Waals surface area (Å²) < 4.78 is 13.2. The van der Waals surface area contributed by atoms with E-state index in [-0.39, 0.29) is 24.5 Å². The summed E-state index contributed by atoms with van der Waals surface area (Å²) in [6.07, 6.45) is 3.13. The lowest BCUT2D eigenvalue weighted by atomic mass is 9.72. The van der Waals surface area contributed by atoms with Crippen LogP contribution in [0.5, 0.6) is 0 Å². The fraction of sp³-hybridized carbons (Fsp3) is 0.208. The number of hydrogen-bond donors (Lipinski definition) is 2. The number of aliphatic hydroxyl groups excluding tert-OH is 1. The number of nitrogens with zero attached hydrogens (tertiary/aromatic N) is 3. The van der Waals surface area contributed by atoms with E-state index in [1.54, 1.807) is 28.1 Å². The van der Waals surface area contributed by atoms with Crippen molar-refractivity contribution in [3.63, 3.8) is 0 Å². The molecule has 162 valence electrons. The Balaban J connectivity index is 1.46. The smallest absolute Gasteiger partial charge is 0.322 e. The number of halogens is 1. The number of fused-ring (bicyclic) bond motifs is 3. The molecule has 1 fully saturated rings. The van der Waals surface area contributed by atoms with Crippen LogP contribution in [-0.4, -0.2) is 52.2 Å². The van der Waals surface area contributed by atoms with Crippen LogP contribution in [0.15, 0.2) is 73.1 Å². The van der Waals surface area contributed by atoms with Gasteiger partial charge >= 0.3 is 6.03 Å². The number of para-hydroxylation sites is 1. The standard InChI is InChI=1S/C24H21FN4O3/c25-16-7-9-17(10-8-16)27-24(32)29-20-13-28(23(31)15-4-3-11-26-12-15)19-6-2-1-5-18(19)22(20)21(29)14-30/h1-12,20-22,30H,13-14H2,(H,27,32)/t20-,21+,22+/m0/s1. The molecule has 1 saturated heterocycles. The van der Waals surface area contributed by atoms with Gasteiger partial charge in [0.1, 0.15) is 5.82 Å². The molecule has 2 aliphatic heterocycles. The quantitative estimate of drug-likeness (QED) is 0.665. The fourth-order valence-electron chi connectivity index (χ4n) is 4.73. The number of likely N-dealkylation sites (tertiary alicyclic amines) is 1. The van der Waals surface area contributed by atoms with Crippen molar-refractivity contribution in [2.75, 3.05) is 23.4 Å². The van der Waals surface area contributed by atoms with Gasteiger partial charge in [-0.1, -0.05) is 18.2 Å². The summed E-state index contributed by atoms with van der Waals surface area (Å²) in [4.78, 5) is 33.6. The first-order chi connectivity index (χ1) is 15.6. The number of pyridine rings is 1. The van der Waals surface area contributed by atoms with E-state index in [0.717, 1.165) is 11.3 Å². The van der Waals surface area contributed by atoms with E-state index < -0.39 is 17.9 Å². The molecule has 3 aromatic rings. The summed E-state index contributed by atoms with van der Waals surface area (Å²) in [5.74, 6) is -0.683. The minimum Gasteiger partial charge on any atom is -0.394 e. The molecule has 3 atom stereocenters. The Hall–Kier alpha value is -3.78. The number of anilines is 2. The van der Waals surface area contributed by atoms with Gasteiger partial charge in [0, 0.05) is 36.2 Å². The Kier molecular flexibility index (Phi) is 5.07. The number of aromatic nitrogens is 1. The average molecular weight is 432 g/mol. The first-order valence-corrected chi connectivity index (χ1v) is 10.3. The highest BCUT2D eigenvalue weighted by Crippen LogP contribution is 2.48. The number of amides is 3. The lowest BCUT2D eigenvalue weighted by Gasteiger charge is -2.58. The van der Waals surface area contributed by atoms with Gasteiger partial charge in [0.25, 0.3) is 5.91 Å². The average Bonchev–Trinajstić information content (AvgIpc) is 2.81. The Bertz CT molecular complexity index is 1160. The van der Waals surface area contributed by atoms with Crippen LogP contribution in [-0.2, 0) is 0 Å². The van der Waals surface area contributed by atoms with Gasteiger partial charge in [-0.3, -0.25) is 9.78 Å². The molecule has 0 radical (unpaired) electrons. The minimum absolute atomic E-state index is 0.0897. The first-order valence-electron chi connectivity index (χ1n) is 10.3. The highest BCUT2D eigenvalue weighted by Gasteiger charge is 2.55. The summed E-state index contributed by atoms with van der Waals surface area (Å²) in [6, 6.07) is 15.4. The Morgan fingerprint density at radius 1 is 1.09 bits per heavy atom. The number of urea groups is 1. The van der Waals surface area contributed by atoms with E-state index in [9.17, 15) is 19.1 Å². The zero-order valence-corrected chi connectivity index (χ0v) is 17.1. The summed E-state index contributed by atoms with van der Waals surface area (Å²) in [6.45, 7) is 0.0889.